The van der Waals surface area contributed by atoms with Gasteiger partial charge in [0.05, 0.1) is 30.2 Å². The van der Waals surface area contributed by atoms with Crippen molar-refractivity contribution in [1.29, 1.82) is 0 Å². The molecule has 7 heteroatoms. The van der Waals surface area contributed by atoms with Gasteiger partial charge in [-0.3, -0.25) is 9.78 Å². The maximum atomic E-state index is 12.5. The van der Waals surface area contributed by atoms with Crippen LogP contribution >= 0.6 is 11.6 Å². The number of imidazole rings is 1. The summed E-state index contributed by atoms with van der Waals surface area (Å²) in [6, 6.07) is 9.18. The van der Waals surface area contributed by atoms with E-state index in [9.17, 15) is 9.90 Å². The van der Waals surface area contributed by atoms with Gasteiger partial charge in [0.25, 0.3) is 0 Å². The lowest BCUT2D eigenvalue weighted by molar-refractivity contribution is -0.121. The van der Waals surface area contributed by atoms with Crippen LogP contribution < -0.4 is 5.32 Å². The molecule has 0 saturated carbocycles. The first-order valence-corrected chi connectivity index (χ1v) is 9.48. The van der Waals surface area contributed by atoms with E-state index in [0.717, 1.165) is 41.7 Å². The van der Waals surface area contributed by atoms with E-state index in [4.69, 9.17) is 11.6 Å². The van der Waals surface area contributed by atoms with Gasteiger partial charge in [-0.1, -0.05) is 23.7 Å². The normalized spacial score (nSPS) is 20.1. The highest BCUT2D eigenvalue weighted by molar-refractivity contribution is 6.30. The van der Waals surface area contributed by atoms with Crippen molar-refractivity contribution in [2.75, 3.05) is 6.54 Å². The number of Topliss-reactive ketones (excluding diaryl/α,β-unsaturated/α-hetero) is 1. The lowest BCUT2D eigenvalue weighted by Gasteiger charge is -2.28. The molecule has 1 fully saturated rings. The highest BCUT2D eigenvalue weighted by atomic mass is 35.5. The molecule has 3 aromatic rings. The van der Waals surface area contributed by atoms with Crippen molar-refractivity contribution in [2.24, 2.45) is 0 Å². The van der Waals surface area contributed by atoms with Gasteiger partial charge in [-0.25, -0.2) is 4.98 Å². The molecule has 0 unspecified atom stereocenters. The summed E-state index contributed by atoms with van der Waals surface area (Å²) in [5.41, 5.74) is 3.22. The predicted molar refractivity (Wildman–Crippen MR) is 105 cm³/mol. The van der Waals surface area contributed by atoms with Crippen LogP contribution in [0, 0.1) is 0 Å². The molecule has 2 N–H and O–H groups in total. The fourth-order valence-corrected chi connectivity index (χ4v) is 3.80. The third-order valence-corrected chi connectivity index (χ3v) is 5.21. The van der Waals surface area contributed by atoms with Gasteiger partial charge in [0.2, 0.25) is 0 Å². The molecule has 1 aliphatic rings. The van der Waals surface area contributed by atoms with E-state index in [-0.39, 0.29) is 18.4 Å². The number of hydrogen-bond donors (Lipinski definition) is 2. The van der Waals surface area contributed by atoms with Gasteiger partial charge in [0.15, 0.2) is 5.78 Å². The number of rotatable bonds is 5. The molecule has 4 rings (SSSR count). The first-order valence-electron chi connectivity index (χ1n) is 9.11. The average molecular weight is 385 g/mol. The number of aliphatic hydroxyl groups excluding tert-OH is 1. The van der Waals surface area contributed by atoms with E-state index in [2.05, 4.69) is 15.3 Å². The summed E-state index contributed by atoms with van der Waals surface area (Å²) < 4.78 is 1.84. The van der Waals surface area contributed by atoms with E-state index in [1.807, 2.05) is 34.9 Å². The van der Waals surface area contributed by atoms with Crippen LogP contribution in [0.3, 0.4) is 0 Å². The smallest absolute Gasteiger partial charge is 0.154 e. The van der Waals surface area contributed by atoms with Gasteiger partial charge >= 0.3 is 0 Å². The zero-order chi connectivity index (χ0) is 18.8. The third kappa shape index (κ3) is 3.88. The Balaban J connectivity index is 1.57. The second-order valence-electron chi connectivity index (χ2n) is 6.92. The minimum atomic E-state index is -0.458. The predicted octanol–water partition coefficient (Wildman–Crippen LogP) is 2.82. The number of carbonyl (C=O) groups is 1. The molecule has 6 nitrogen and oxygen atoms in total. The van der Waals surface area contributed by atoms with Crippen molar-refractivity contribution in [1.82, 2.24) is 19.9 Å². The molecule has 1 aliphatic heterocycles. The Labute approximate surface area is 162 Å². The van der Waals surface area contributed by atoms with Crippen molar-refractivity contribution in [3.05, 3.63) is 47.9 Å². The Kier molecular flexibility index (Phi) is 5.20. The summed E-state index contributed by atoms with van der Waals surface area (Å²) >= 11 is 6.10. The number of aromatic nitrogens is 3. The first-order chi connectivity index (χ1) is 13.1. The summed E-state index contributed by atoms with van der Waals surface area (Å²) in [4.78, 5) is 21.5. The fourth-order valence-electron chi connectivity index (χ4n) is 3.61. The SMILES string of the molecule is O=C(C[C@H]1NCCC[C@@H]1O)Cn1cnc2c(-c3cccc(Cl)c3)nccc21. The highest BCUT2D eigenvalue weighted by Gasteiger charge is 2.25. The zero-order valence-electron chi connectivity index (χ0n) is 14.8. The summed E-state index contributed by atoms with van der Waals surface area (Å²) in [5.74, 6) is 0.0638. The molecule has 27 heavy (non-hydrogen) atoms. The Morgan fingerprint density at radius 2 is 2.22 bits per heavy atom. The van der Waals surface area contributed by atoms with Gasteiger partial charge in [-0.15, -0.1) is 0 Å². The number of carbonyl (C=O) groups excluding carboxylic acids is 1. The van der Waals surface area contributed by atoms with Gasteiger partial charge in [0.1, 0.15) is 5.52 Å². The third-order valence-electron chi connectivity index (χ3n) is 4.98. The Hall–Kier alpha value is -2.28. The van der Waals surface area contributed by atoms with Crippen molar-refractivity contribution >= 4 is 28.4 Å². The molecule has 2 atom stereocenters. The maximum Gasteiger partial charge on any atom is 0.154 e. The number of ketones is 1. The maximum absolute atomic E-state index is 12.5. The van der Waals surface area contributed by atoms with E-state index in [1.165, 1.54) is 0 Å². The number of nitrogens with zero attached hydrogens (tertiary/aromatic N) is 3. The minimum absolute atomic E-state index is 0.0638. The summed E-state index contributed by atoms with van der Waals surface area (Å²) in [5, 5.41) is 13.9. The Morgan fingerprint density at radius 3 is 3.04 bits per heavy atom. The highest BCUT2D eigenvalue weighted by Crippen LogP contribution is 2.27. The Bertz CT molecular complexity index is 972. The van der Waals surface area contributed by atoms with Crippen LogP contribution in [-0.2, 0) is 11.3 Å². The van der Waals surface area contributed by atoms with E-state index < -0.39 is 6.10 Å². The lowest BCUT2D eigenvalue weighted by Crippen LogP contribution is -2.46. The quantitative estimate of drug-likeness (QED) is 0.707. The molecule has 2 aromatic heterocycles. The van der Waals surface area contributed by atoms with Crippen LogP contribution in [-0.4, -0.2) is 44.1 Å². The number of nitrogens with one attached hydrogen (secondary N) is 1. The van der Waals surface area contributed by atoms with Gasteiger partial charge < -0.3 is 15.0 Å². The van der Waals surface area contributed by atoms with Crippen molar-refractivity contribution in [3.8, 4) is 11.3 Å². The van der Waals surface area contributed by atoms with E-state index >= 15 is 0 Å². The molecule has 1 aromatic carbocycles. The molecule has 0 amide bonds. The second kappa shape index (κ2) is 7.76. The first kappa shape index (κ1) is 18.1. The molecule has 140 valence electrons. The van der Waals surface area contributed by atoms with Crippen LogP contribution in [0.4, 0.5) is 0 Å². The molecular weight excluding hydrogens is 364 g/mol. The van der Waals surface area contributed by atoms with Gasteiger partial charge in [-0.05, 0) is 37.6 Å². The zero-order valence-corrected chi connectivity index (χ0v) is 15.6. The molecule has 0 aliphatic carbocycles. The van der Waals surface area contributed by atoms with Crippen molar-refractivity contribution in [2.45, 2.75) is 38.0 Å². The Morgan fingerprint density at radius 1 is 1.33 bits per heavy atom. The number of aliphatic hydroxyl groups is 1. The summed E-state index contributed by atoms with van der Waals surface area (Å²) in [6.45, 7) is 1.07. The number of hydrogen-bond acceptors (Lipinski definition) is 5. The van der Waals surface area contributed by atoms with Crippen LogP contribution in [0.25, 0.3) is 22.3 Å². The number of piperidine rings is 1. The van der Waals surface area contributed by atoms with Crippen LogP contribution in [0.5, 0.6) is 0 Å². The van der Waals surface area contributed by atoms with Crippen molar-refractivity contribution < 1.29 is 9.90 Å². The molecular formula is C20H21ClN4O2. The molecule has 1 saturated heterocycles. The van der Waals surface area contributed by atoms with Crippen LogP contribution in [0.15, 0.2) is 42.9 Å². The second-order valence-corrected chi connectivity index (χ2v) is 7.36. The molecule has 0 radical (unpaired) electrons. The molecule has 0 spiro atoms. The average Bonchev–Trinajstić information content (AvgIpc) is 3.06. The number of benzene rings is 1. The minimum Gasteiger partial charge on any atom is -0.391 e. The lowest BCUT2D eigenvalue weighted by atomic mass is 9.97. The summed E-state index contributed by atoms with van der Waals surface area (Å²) in [6.07, 6.45) is 4.93. The standard InChI is InChI=1S/C20H21ClN4O2/c21-14-4-1-3-13(9-14)19-20-17(6-8-23-19)25(12-24-20)11-15(26)10-16-18(27)5-2-7-22-16/h1,3-4,6,8-9,12,16,18,22,27H,2,5,7,10-11H2/t16-,18+/m1/s1. The summed E-state index contributed by atoms with van der Waals surface area (Å²) in [7, 11) is 0. The molecule has 0 bridgehead atoms. The monoisotopic (exact) mass is 384 g/mol. The van der Waals surface area contributed by atoms with E-state index in [0.29, 0.717) is 11.4 Å². The topological polar surface area (TPSA) is 80.0 Å². The van der Waals surface area contributed by atoms with Crippen LogP contribution in [0.1, 0.15) is 19.3 Å². The van der Waals surface area contributed by atoms with Crippen molar-refractivity contribution in [3.63, 3.8) is 0 Å². The number of halogens is 1. The van der Waals surface area contributed by atoms with E-state index in [1.54, 1.807) is 12.5 Å². The molecule has 3 heterocycles. The fraction of sp³-hybridized carbons (Fsp3) is 0.350. The number of pyridine rings is 1. The van der Waals surface area contributed by atoms with Gasteiger partial charge in [-0.2, -0.15) is 0 Å². The largest absolute Gasteiger partial charge is 0.391 e. The number of fused-ring (bicyclic) bond motifs is 1. The van der Waals surface area contributed by atoms with Crippen LogP contribution in [0.2, 0.25) is 5.02 Å². The van der Waals surface area contributed by atoms with Gasteiger partial charge in [0, 0.05) is 29.2 Å².